The minimum Gasteiger partial charge on any atom is -0.382 e. The lowest BCUT2D eigenvalue weighted by molar-refractivity contribution is -0.137. The molecule has 0 aliphatic heterocycles. The maximum atomic E-state index is 13.9. The smallest absolute Gasteiger partial charge is 0.382 e. The number of urea groups is 1. The molecule has 0 atom stereocenters. The number of carbonyl (C=O) groups excluding carboxylic acids is 1. The van der Waals surface area contributed by atoms with Gasteiger partial charge in [0, 0.05) is 17.4 Å². The number of benzene rings is 2. The second-order valence-electron chi connectivity index (χ2n) is 7.07. The zero-order chi connectivity index (χ0) is 23.8. The molecule has 0 spiro atoms. The number of nitrogens with one attached hydrogen (secondary N) is 2. The van der Waals surface area contributed by atoms with Gasteiger partial charge in [-0.2, -0.15) is 18.3 Å². The Bertz CT molecular complexity index is 1330. The average Bonchev–Trinajstić information content (AvgIpc) is 3.15. The molecule has 0 saturated heterocycles. The molecule has 2 heterocycles. The molecular weight excluding hydrogens is 440 g/mol. The van der Waals surface area contributed by atoms with E-state index in [2.05, 4.69) is 27.6 Å². The van der Waals surface area contributed by atoms with Crippen molar-refractivity contribution in [1.29, 1.82) is 0 Å². The predicted molar refractivity (Wildman–Crippen MR) is 116 cm³/mol. The van der Waals surface area contributed by atoms with Crippen molar-refractivity contribution in [3.8, 4) is 11.1 Å². The van der Waals surface area contributed by atoms with E-state index in [1.165, 1.54) is 6.33 Å². The van der Waals surface area contributed by atoms with Crippen molar-refractivity contribution in [2.24, 2.45) is 0 Å². The quantitative estimate of drug-likeness (QED) is 0.369. The highest BCUT2D eigenvalue weighted by Crippen LogP contribution is 2.34. The molecule has 0 aliphatic rings. The highest BCUT2D eigenvalue weighted by molar-refractivity contribution is 6.00. The summed E-state index contributed by atoms with van der Waals surface area (Å²) in [6, 6.07) is 7.50. The van der Waals surface area contributed by atoms with Gasteiger partial charge in [-0.25, -0.2) is 18.7 Å². The summed E-state index contributed by atoms with van der Waals surface area (Å²) in [6.45, 7) is 3.92. The van der Waals surface area contributed by atoms with Crippen LogP contribution in [0.25, 0.3) is 16.6 Å². The zero-order valence-electron chi connectivity index (χ0n) is 16.9. The Morgan fingerprint density at radius 3 is 2.52 bits per heavy atom. The third kappa shape index (κ3) is 4.43. The molecule has 1 radical (unpaired) electrons. The summed E-state index contributed by atoms with van der Waals surface area (Å²) in [5, 5.41) is 8.71. The fourth-order valence-electron chi connectivity index (χ4n) is 3.40. The Labute approximate surface area is 185 Å². The summed E-state index contributed by atoms with van der Waals surface area (Å²) in [5.41, 5.74) is 7.78. The van der Waals surface area contributed by atoms with Crippen LogP contribution in [0.15, 0.2) is 55.0 Å². The van der Waals surface area contributed by atoms with Gasteiger partial charge in [0.05, 0.1) is 11.3 Å². The van der Waals surface area contributed by atoms with Crippen molar-refractivity contribution in [1.82, 2.24) is 14.6 Å². The summed E-state index contributed by atoms with van der Waals surface area (Å²) in [5.74, 6) is -0.695. The third-order valence-electron chi connectivity index (χ3n) is 4.92. The van der Waals surface area contributed by atoms with Crippen molar-refractivity contribution < 1.29 is 22.4 Å². The van der Waals surface area contributed by atoms with Gasteiger partial charge in [-0.1, -0.05) is 12.1 Å². The Balaban J connectivity index is 1.55. The normalized spacial score (nSPS) is 11.5. The number of halogens is 4. The molecule has 4 rings (SSSR count). The predicted octanol–water partition coefficient (Wildman–Crippen LogP) is 5.16. The van der Waals surface area contributed by atoms with Crippen LogP contribution in [0.1, 0.15) is 11.1 Å². The van der Waals surface area contributed by atoms with Crippen LogP contribution in [0.4, 0.5) is 39.5 Å². The third-order valence-corrected chi connectivity index (χ3v) is 4.92. The minimum absolute atomic E-state index is 0.296. The molecule has 4 aromatic rings. The molecule has 0 fully saturated rings. The summed E-state index contributed by atoms with van der Waals surface area (Å²) < 4.78 is 54.0. The molecule has 33 heavy (non-hydrogen) atoms. The van der Waals surface area contributed by atoms with Crippen LogP contribution in [-0.2, 0) is 12.6 Å². The second kappa shape index (κ2) is 8.41. The number of nitrogens with zero attached hydrogens (tertiary/aromatic N) is 3. The summed E-state index contributed by atoms with van der Waals surface area (Å²) in [4.78, 5) is 16.2. The van der Waals surface area contributed by atoms with Gasteiger partial charge in [0.25, 0.3) is 0 Å². The first kappa shape index (κ1) is 22.1. The van der Waals surface area contributed by atoms with E-state index in [-0.39, 0.29) is 0 Å². The highest BCUT2D eigenvalue weighted by atomic mass is 19.4. The summed E-state index contributed by atoms with van der Waals surface area (Å²) >= 11 is 0. The number of anilines is 3. The first-order valence-corrected chi connectivity index (χ1v) is 9.62. The number of amides is 2. The molecule has 11 heteroatoms. The summed E-state index contributed by atoms with van der Waals surface area (Å²) in [6.07, 6.45) is -1.04. The molecule has 0 aliphatic carbocycles. The molecule has 2 aromatic carbocycles. The van der Waals surface area contributed by atoms with E-state index in [0.717, 1.165) is 16.7 Å². The van der Waals surface area contributed by atoms with Crippen molar-refractivity contribution in [3.05, 3.63) is 78.9 Å². The Kier molecular flexibility index (Phi) is 5.62. The van der Waals surface area contributed by atoms with Crippen LogP contribution in [0, 0.1) is 12.7 Å². The first-order valence-electron chi connectivity index (χ1n) is 9.62. The van der Waals surface area contributed by atoms with E-state index in [0.29, 0.717) is 41.6 Å². The van der Waals surface area contributed by atoms with E-state index in [1.807, 2.05) is 0 Å². The lowest BCUT2D eigenvalue weighted by Crippen LogP contribution is -2.20. The van der Waals surface area contributed by atoms with E-state index in [4.69, 9.17) is 5.73 Å². The lowest BCUT2D eigenvalue weighted by Gasteiger charge is -2.12. The van der Waals surface area contributed by atoms with E-state index in [1.54, 1.807) is 35.0 Å². The topological polar surface area (TPSA) is 97.3 Å². The van der Waals surface area contributed by atoms with E-state index >= 15 is 0 Å². The van der Waals surface area contributed by atoms with Crippen molar-refractivity contribution in [2.75, 3.05) is 16.4 Å². The van der Waals surface area contributed by atoms with Crippen molar-refractivity contribution >= 4 is 28.7 Å². The number of hydrogen-bond donors (Lipinski definition) is 3. The van der Waals surface area contributed by atoms with Crippen molar-refractivity contribution in [3.63, 3.8) is 0 Å². The first-order chi connectivity index (χ1) is 15.7. The Morgan fingerprint density at radius 1 is 1.12 bits per heavy atom. The number of alkyl halides is 3. The zero-order valence-corrected chi connectivity index (χ0v) is 16.9. The standard InChI is InChI=1S/C22H17F4N6O/c1-2-12-10-32-19(20(27)28-11-29-32)18(12)13-3-6-15(7-4-13)30-21(33)31-17-9-14(22(24,25)26)5-8-16(17)23/h3-11H,1-2H2,(H2,27,28,29)(H2,30,31,33). The van der Waals surface area contributed by atoms with Gasteiger partial charge in [-0.15, -0.1) is 0 Å². The average molecular weight is 457 g/mol. The van der Waals surface area contributed by atoms with Crippen LogP contribution < -0.4 is 16.4 Å². The van der Waals surface area contributed by atoms with E-state index < -0.39 is 29.3 Å². The maximum Gasteiger partial charge on any atom is 0.416 e. The number of nitrogens with two attached hydrogens (primary N) is 1. The maximum absolute atomic E-state index is 13.9. The SMILES string of the molecule is [CH2]Cc1cn2ncnc(N)c2c1-c1ccc(NC(=O)Nc2cc(C(F)(F)F)ccc2F)cc1. The van der Waals surface area contributed by atoms with Gasteiger partial charge < -0.3 is 16.4 Å². The number of nitrogen functional groups attached to an aromatic ring is 1. The fraction of sp³-hybridized carbons (Fsp3) is 0.0909. The van der Waals surface area contributed by atoms with Gasteiger partial charge >= 0.3 is 12.2 Å². The van der Waals surface area contributed by atoms with Crippen LogP contribution in [0.5, 0.6) is 0 Å². The number of carbonyl (C=O) groups is 1. The van der Waals surface area contributed by atoms with Crippen LogP contribution in [-0.4, -0.2) is 20.6 Å². The lowest BCUT2D eigenvalue weighted by atomic mass is 10.0. The molecule has 0 bridgehead atoms. The molecule has 4 N–H and O–H groups in total. The van der Waals surface area contributed by atoms with Crippen LogP contribution in [0.2, 0.25) is 0 Å². The van der Waals surface area contributed by atoms with Gasteiger partial charge in [0.2, 0.25) is 0 Å². The van der Waals surface area contributed by atoms with Crippen LogP contribution in [0.3, 0.4) is 0 Å². The Morgan fingerprint density at radius 2 is 1.85 bits per heavy atom. The molecule has 0 saturated carbocycles. The number of rotatable bonds is 4. The molecule has 169 valence electrons. The minimum atomic E-state index is -4.67. The number of aromatic nitrogens is 3. The molecule has 2 amide bonds. The molecule has 7 nitrogen and oxygen atoms in total. The van der Waals surface area contributed by atoms with Crippen LogP contribution >= 0.6 is 0 Å². The second-order valence-corrected chi connectivity index (χ2v) is 7.07. The summed E-state index contributed by atoms with van der Waals surface area (Å²) in [7, 11) is 0. The number of fused-ring (bicyclic) bond motifs is 1. The molecule has 0 unspecified atom stereocenters. The van der Waals surface area contributed by atoms with Gasteiger partial charge in [0.1, 0.15) is 17.7 Å². The Hall–Kier alpha value is -4.15. The molecule has 2 aromatic heterocycles. The van der Waals surface area contributed by atoms with Gasteiger partial charge in [-0.05, 0) is 54.8 Å². The monoisotopic (exact) mass is 457 g/mol. The fourth-order valence-corrected chi connectivity index (χ4v) is 3.40. The highest BCUT2D eigenvalue weighted by Gasteiger charge is 2.31. The van der Waals surface area contributed by atoms with E-state index in [9.17, 15) is 22.4 Å². The largest absolute Gasteiger partial charge is 0.416 e. The van der Waals surface area contributed by atoms with Gasteiger partial charge in [0.15, 0.2) is 5.82 Å². The molecular formula is C22H17F4N6O. The number of hydrogen-bond acceptors (Lipinski definition) is 4. The van der Waals surface area contributed by atoms with Crippen molar-refractivity contribution in [2.45, 2.75) is 12.6 Å². The van der Waals surface area contributed by atoms with Gasteiger partial charge in [-0.3, -0.25) is 0 Å².